The quantitative estimate of drug-likeness (QED) is 0.562. The van der Waals surface area contributed by atoms with Crippen LogP contribution in [0.2, 0.25) is 0 Å². The van der Waals surface area contributed by atoms with E-state index in [1.165, 1.54) is 5.56 Å². The van der Waals surface area contributed by atoms with Crippen molar-refractivity contribution in [1.29, 1.82) is 0 Å². The first-order chi connectivity index (χ1) is 15.6. The van der Waals surface area contributed by atoms with Crippen LogP contribution >= 0.6 is 0 Å². The summed E-state index contributed by atoms with van der Waals surface area (Å²) in [4.78, 5) is 32.1. The van der Waals surface area contributed by atoms with E-state index in [2.05, 4.69) is 17.4 Å². The second kappa shape index (κ2) is 10.1. The maximum Gasteiger partial charge on any atom is 0.240 e. The number of carbonyl (C=O) groups is 2. The number of para-hydroxylation sites is 2. The van der Waals surface area contributed by atoms with Crippen molar-refractivity contribution >= 4 is 28.9 Å². The highest BCUT2D eigenvalue weighted by Gasteiger charge is 2.26. The van der Waals surface area contributed by atoms with Crippen molar-refractivity contribution in [2.75, 3.05) is 18.0 Å². The maximum absolute atomic E-state index is 13.1. The summed E-state index contributed by atoms with van der Waals surface area (Å²) in [6.07, 6.45) is 1.90. The Morgan fingerprint density at radius 2 is 1.69 bits per heavy atom. The van der Waals surface area contributed by atoms with Gasteiger partial charge in [-0.05, 0) is 43.0 Å². The lowest BCUT2D eigenvalue weighted by atomic mass is 10.1. The first-order valence-electron chi connectivity index (χ1n) is 10.9. The molecule has 5 nitrogen and oxygen atoms in total. The number of aryl methyl sites for hydroxylation is 2. The minimum absolute atomic E-state index is 0.0160. The van der Waals surface area contributed by atoms with Crippen LogP contribution in [0.4, 0.5) is 11.4 Å². The van der Waals surface area contributed by atoms with Crippen LogP contribution in [0.15, 0.2) is 83.9 Å². The average Bonchev–Trinajstić information content (AvgIpc) is 2.94. The Kier molecular flexibility index (Phi) is 6.75. The molecule has 1 aliphatic heterocycles. The van der Waals surface area contributed by atoms with Gasteiger partial charge in [-0.25, -0.2) is 0 Å². The van der Waals surface area contributed by atoms with Gasteiger partial charge in [-0.1, -0.05) is 72.3 Å². The fourth-order valence-corrected chi connectivity index (χ4v) is 3.80. The van der Waals surface area contributed by atoms with Gasteiger partial charge in [-0.2, -0.15) is 0 Å². The Labute approximate surface area is 188 Å². The summed E-state index contributed by atoms with van der Waals surface area (Å²) in [6.45, 7) is 2.58. The maximum atomic E-state index is 13.1. The Morgan fingerprint density at radius 3 is 2.47 bits per heavy atom. The topological polar surface area (TPSA) is 61.8 Å². The largest absolute Gasteiger partial charge is 0.355 e. The molecule has 4 rings (SSSR count). The molecule has 0 saturated carbocycles. The molecule has 0 atom stereocenters. The molecular formula is C27H27N3O2. The summed E-state index contributed by atoms with van der Waals surface area (Å²) in [5.74, 6) is -0.297. The third-order valence-electron chi connectivity index (χ3n) is 5.54. The summed E-state index contributed by atoms with van der Waals surface area (Å²) in [5, 5.41) is 2.95. The molecule has 1 aliphatic rings. The molecule has 5 heteroatoms. The number of aliphatic imine (C=N–C) groups is 1. The fourth-order valence-electron chi connectivity index (χ4n) is 3.80. The lowest BCUT2D eigenvalue weighted by Gasteiger charge is -2.22. The first kappa shape index (κ1) is 21.5. The van der Waals surface area contributed by atoms with E-state index >= 15 is 0 Å². The number of benzene rings is 3. The molecule has 1 N–H and O–H groups in total. The number of carbonyl (C=O) groups excluding carboxylic acids is 2. The molecule has 0 radical (unpaired) electrons. The van der Waals surface area contributed by atoms with Crippen molar-refractivity contribution in [2.45, 2.75) is 26.2 Å². The number of nitrogens with zero attached hydrogens (tertiary/aromatic N) is 2. The molecule has 0 unspecified atom stereocenters. The number of rotatable bonds is 7. The molecule has 0 aliphatic carbocycles. The van der Waals surface area contributed by atoms with Gasteiger partial charge in [-0.3, -0.25) is 14.6 Å². The van der Waals surface area contributed by atoms with E-state index in [1.54, 1.807) is 4.90 Å². The zero-order chi connectivity index (χ0) is 22.3. The molecule has 162 valence electrons. The van der Waals surface area contributed by atoms with Crippen LogP contribution in [-0.2, 0) is 16.0 Å². The molecule has 3 aromatic carbocycles. The van der Waals surface area contributed by atoms with Gasteiger partial charge in [-0.15, -0.1) is 0 Å². The normalized spacial score (nSPS) is 13.2. The Balaban J connectivity index is 1.43. The predicted molar refractivity (Wildman–Crippen MR) is 129 cm³/mol. The SMILES string of the molecule is Cc1ccc(C2=Nc3ccccc3N(CC(=O)NCCCc3ccccc3)C(=O)C2)cc1. The van der Waals surface area contributed by atoms with Crippen LogP contribution in [0, 0.1) is 6.92 Å². The molecule has 2 amide bonds. The third kappa shape index (κ3) is 5.30. The fraction of sp³-hybridized carbons (Fsp3) is 0.222. The van der Waals surface area contributed by atoms with E-state index in [0.717, 1.165) is 24.0 Å². The second-order valence-electron chi connectivity index (χ2n) is 8.01. The molecule has 0 aromatic heterocycles. The molecule has 0 bridgehead atoms. The average molecular weight is 426 g/mol. The molecule has 32 heavy (non-hydrogen) atoms. The number of hydrogen-bond acceptors (Lipinski definition) is 3. The summed E-state index contributed by atoms with van der Waals surface area (Å²) in [5.41, 5.74) is 5.41. The van der Waals surface area contributed by atoms with E-state index in [9.17, 15) is 9.59 Å². The summed E-state index contributed by atoms with van der Waals surface area (Å²) in [7, 11) is 0. The van der Waals surface area contributed by atoms with E-state index < -0.39 is 0 Å². The van der Waals surface area contributed by atoms with Crippen LogP contribution in [-0.4, -0.2) is 30.6 Å². The summed E-state index contributed by atoms with van der Waals surface area (Å²) < 4.78 is 0. The van der Waals surface area contributed by atoms with Gasteiger partial charge in [0.25, 0.3) is 0 Å². The van der Waals surface area contributed by atoms with Crippen LogP contribution in [0.25, 0.3) is 0 Å². The lowest BCUT2D eigenvalue weighted by Crippen LogP contribution is -2.41. The second-order valence-corrected chi connectivity index (χ2v) is 8.01. The van der Waals surface area contributed by atoms with Crippen LogP contribution in [0.5, 0.6) is 0 Å². The van der Waals surface area contributed by atoms with Crippen LogP contribution in [0.3, 0.4) is 0 Å². The lowest BCUT2D eigenvalue weighted by molar-refractivity contribution is -0.123. The van der Waals surface area contributed by atoms with Gasteiger partial charge in [0.05, 0.1) is 23.5 Å². The summed E-state index contributed by atoms with van der Waals surface area (Å²) in [6, 6.07) is 25.7. The van der Waals surface area contributed by atoms with E-state index in [-0.39, 0.29) is 24.8 Å². The molecular weight excluding hydrogens is 398 g/mol. The number of fused-ring (bicyclic) bond motifs is 1. The van der Waals surface area contributed by atoms with Gasteiger partial charge in [0.15, 0.2) is 0 Å². The molecule has 0 spiro atoms. The monoisotopic (exact) mass is 425 g/mol. The van der Waals surface area contributed by atoms with Gasteiger partial charge < -0.3 is 10.2 Å². The van der Waals surface area contributed by atoms with Crippen molar-refractivity contribution in [3.05, 3.63) is 95.6 Å². The number of anilines is 1. The van der Waals surface area contributed by atoms with E-state index in [4.69, 9.17) is 4.99 Å². The molecule has 0 fully saturated rings. The van der Waals surface area contributed by atoms with Crippen molar-refractivity contribution in [3.8, 4) is 0 Å². The van der Waals surface area contributed by atoms with E-state index in [0.29, 0.717) is 23.6 Å². The van der Waals surface area contributed by atoms with Crippen molar-refractivity contribution in [3.63, 3.8) is 0 Å². The zero-order valence-corrected chi connectivity index (χ0v) is 18.3. The van der Waals surface area contributed by atoms with Crippen molar-refractivity contribution in [2.24, 2.45) is 4.99 Å². The Bertz CT molecular complexity index is 1120. The van der Waals surface area contributed by atoms with Crippen molar-refractivity contribution in [1.82, 2.24) is 5.32 Å². The van der Waals surface area contributed by atoms with Crippen LogP contribution in [0.1, 0.15) is 29.5 Å². The zero-order valence-electron chi connectivity index (χ0n) is 18.3. The molecule has 3 aromatic rings. The van der Waals surface area contributed by atoms with Crippen molar-refractivity contribution < 1.29 is 9.59 Å². The minimum Gasteiger partial charge on any atom is -0.355 e. The minimum atomic E-state index is -0.167. The van der Waals surface area contributed by atoms with Gasteiger partial charge in [0.2, 0.25) is 11.8 Å². The smallest absolute Gasteiger partial charge is 0.240 e. The van der Waals surface area contributed by atoms with Gasteiger partial charge >= 0.3 is 0 Å². The van der Waals surface area contributed by atoms with Crippen LogP contribution < -0.4 is 10.2 Å². The molecule has 1 heterocycles. The highest BCUT2D eigenvalue weighted by Crippen LogP contribution is 2.32. The first-order valence-corrected chi connectivity index (χ1v) is 10.9. The standard InChI is InChI=1S/C27H27N3O2/c1-20-13-15-22(16-14-20)24-18-27(32)30(25-12-6-5-11-23(25)29-24)19-26(31)28-17-7-10-21-8-3-2-4-9-21/h2-6,8-9,11-16H,7,10,17-19H2,1H3,(H,28,31). The third-order valence-corrected chi connectivity index (χ3v) is 5.54. The van der Waals surface area contributed by atoms with E-state index in [1.807, 2.05) is 73.7 Å². The summed E-state index contributed by atoms with van der Waals surface area (Å²) >= 11 is 0. The Morgan fingerprint density at radius 1 is 0.969 bits per heavy atom. The Hall–Kier alpha value is -3.73. The number of amides is 2. The predicted octanol–water partition coefficient (Wildman–Crippen LogP) is 4.60. The van der Waals surface area contributed by atoms with Gasteiger partial charge in [0, 0.05) is 6.54 Å². The number of hydrogen-bond donors (Lipinski definition) is 1. The number of nitrogens with one attached hydrogen (secondary N) is 1. The highest BCUT2D eigenvalue weighted by molar-refractivity contribution is 6.18. The molecule has 0 saturated heterocycles. The van der Waals surface area contributed by atoms with Gasteiger partial charge in [0.1, 0.15) is 6.54 Å². The highest BCUT2D eigenvalue weighted by atomic mass is 16.2.